The van der Waals surface area contributed by atoms with Gasteiger partial charge in [-0.1, -0.05) is 19.8 Å². The van der Waals surface area contributed by atoms with Crippen LogP contribution in [0.15, 0.2) is 0 Å². The van der Waals surface area contributed by atoms with Crippen LogP contribution in [-0.4, -0.2) is 34.7 Å². The highest BCUT2D eigenvalue weighted by molar-refractivity contribution is 4.91. The normalized spacial score (nSPS) is 32.1. The molecule has 1 aliphatic carbocycles. The second kappa shape index (κ2) is 5.50. The zero-order valence-corrected chi connectivity index (χ0v) is 10.9. The van der Waals surface area contributed by atoms with E-state index in [4.69, 9.17) is 0 Å². The van der Waals surface area contributed by atoms with Crippen LogP contribution in [0.2, 0.25) is 0 Å². The standard InChI is InChI=1S/C14H27NO/c1-3-14(16)11(2)15-10-6-9-13(15)12-7-4-5-8-12/h11-14,16H,3-10H2,1-2H3. The molecule has 3 unspecified atom stereocenters. The van der Waals surface area contributed by atoms with E-state index >= 15 is 0 Å². The molecule has 0 spiro atoms. The molecule has 1 heterocycles. The van der Waals surface area contributed by atoms with E-state index in [0.29, 0.717) is 6.04 Å². The Bertz CT molecular complexity index is 213. The highest BCUT2D eigenvalue weighted by atomic mass is 16.3. The summed E-state index contributed by atoms with van der Waals surface area (Å²) in [5, 5.41) is 10.0. The van der Waals surface area contributed by atoms with Gasteiger partial charge in [-0.05, 0) is 51.5 Å². The Morgan fingerprint density at radius 2 is 1.88 bits per heavy atom. The molecule has 2 fully saturated rings. The van der Waals surface area contributed by atoms with Crippen molar-refractivity contribution in [3.05, 3.63) is 0 Å². The lowest BCUT2D eigenvalue weighted by Gasteiger charge is -2.36. The minimum atomic E-state index is -0.137. The van der Waals surface area contributed by atoms with Crippen LogP contribution in [-0.2, 0) is 0 Å². The Morgan fingerprint density at radius 1 is 1.19 bits per heavy atom. The molecule has 0 bridgehead atoms. The summed E-state index contributed by atoms with van der Waals surface area (Å²) in [5.41, 5.74) is 0. The monoisotopic (exact) mass is 225 g/mol. The maximum atomic E-state index is 10.0. The summed E-state index contributed by atoms with van der Waals surface area (Å²) in [5.74, 6) is 0.925. The molecule has 94 valence electrons. The molecule has 3 atom stereocenters. The smallest absolute Gasteiger partial charge is 0.0690 e. The summed E-state index contributed by atoms with van der Waals surface area (Å²) in [4.78, 5) is 2.60. The van der Waals surface area contributed by atoms with Gasteiger partial charge in [-0.15, -0.1) is 0 Å². The fraction of sp³-hybridized carbons (Fsp3) is 1.00. The fourth-order valence-corrected chi connectivity index (χ4v) is 3.73. The van der Waals surface area contributed by atoms with Gasteiger partial charge in [0, 0.05) is 12.1 Å². The van der Waals surface area contributed by atoms with Crippen LogP contribution >= 0.6 is 0 Å². The van der Waals surface area contributed by atoms with Gasteiger partial charge in [0.1, 0.15) is 0 Å². The Morgan fingerprint density at radius 3 is 2.50 bits per heavy atom. The lowest BCUT2D eigenvalue weighted by molar-refractivity contribution is 0.0352. The largest absolute Gasteiger partial charge is 0.392 e. The summed E-state index contributed by atoms with van der Waals surface area (Å²) >= 11 is 0. The first-order chi connectivity index (χ1) is 7.74. The molecule has 0 aromatic heterocycles. The van der Waals surface area contributed by atoms with Crippen molar-refractivity contribution >= 4 is 0 Å². The van der Waals surface area contributed by atoms with Crippen molar-refractivity contribution in [3.8, 4) is 0 Å². The molecule has 0 aromatic carbocycles. The molecule has 1 N–H and O–H groups in total. The zero-order chi connectivity index (χ0) is 11.5. The van der Waals surface area contributed by atoms with Crippen LogP contribution in [0.25, 0.3) is 0 Å². The molecule has 16 heavy (non-hydrogen) atoms. The molecule has 2 aliphatic rings. The number of likely N-dealkylation sites (tertiary alicyclic amines) is 1. The number of nitrogens with zero attached hydrogens (tertiary/aromatic N) is 1. The molecular formula is C14H27NO. The first-order valence-electron chi connectivity index (χ1n) is 7.17. The van der Waals surface area contributed by atoms with E-state index in [1.54, 1.807) is 0 Å². The molecule has 0 amide bonds. The number of hydrogen-bond donors (Lipinski definition) is 1. The molecule has 2 nitrogen and oxygen atoms in total. The van der Waals surface area contributed by atoms with E-state index in [0.717, 1.165) is 18.4 Å². The topological polar surface area (TPSA) is 23.5 Å². The molecule has 1 saturated carbocycles. The van der Waals surface area contributed by atoms with Crippen LogP contribution in [0.5, 0.6) is 0 Å². The third-order valence-electron chi connectivity index (χ3n) is 4.78. The van der Waals surface area contributed by atoms with E-state index in [9.17, 15) is 5.11 Å². The zero-order valence-electron chi connectivity index (χ0n) is 10.9. The number of aliphatic hydroxyl groups excluding tert-OH is 1. The average Bonchev–Trinajstić information content (AvgIpc) is 2.95. The molecule has 1 saturated heterocycles. The van der Waals surface area contributed by atoms with Crippen molar-refractivity contribution in [2.45, 2.75) is 77.0 Å². The number of rotatable bonds is 4. The minimum absolute atomic E-state index is 0.137. The van der Waals surface area contributed by atoms with Gasteiger partial charge in [0.25, 0.3) is 0 Å². The number of aliphatic hydroxyl groups is 1. The van der Waals surface area contributed by atoms with Gasteiger partial charge < -0.3 is 5.11 Å². The fourth-order valence-electron chi connectivity index (χ4n) is 3.73. The lowest BCUT2D eigenvalue weighted by Crippen LogP contribution is -2.46. The highest BCUT2D eigenvalue weighted by Crippen LogP contribution is 2.36. The van der Waals surface area contributed by atoms with E-state index in [1.807, 2.05) is 0 Å². The van der Waals surface area contributed by atoms with Crippen molar-refractivity contribution in [1.29, 1.82) is 0 Å². The number of hydrogen-bond acceptors (Lipinski definition) is 2. The van der Waals surface area contributed by atoms with Crippen LogP contribution in [0.1, 0.15) is 58.8 Å². The summed E-state index contributed by atoms with van der Waals surface area (Å²) < 4.78 is 0. The van der Waals surface area contributed by atoms with Gasteiger partial charge in [0.05, 0.1) is 6.10 Å². The Balaban J connectivity index is 1.96. The van der Waals surface area contributed by atoms with Crippen LogP contribution in [0, 0.1) is 5.92 Å². The Labute approximate surface area is 100 Å². The summed E-state index contributed by atoms with van der Waals surface area (Å²) in [6.45, 7) is 5.50. The van der Waals surface area contributed by atoms with Gasteiger partial charge in [-0.25, -0.2) is 0 Å². The van der Waals surface area contributed by atoms with Gasteiger partial charge in [-0.3, -0.25) is 4.90 Å². The predicted octanol–water partition coefficient (Wildman–Crippen LogP) is 2.80. The van der Waals surface area contributed by atoms with E-state index in [1.165, 1.54) is 45.1 Å². The van der Waals surface area contributed by atoms with Crippen molar-refractivity contribution in [1.82, 2.24) is 4.90 Å². The van der Waals surface area contributed by atoms with Crippen molar-refractivity contribution in [2.75, 3.05) is 6.54 Å². The van der Waals surface area contributed by atoms with Crippen molar-refractivity contribution in [3.63, 3.8) is 0 Å². The molecule has 2 heteroatoms. The summed E-state index contributed by atoms with van der Waals surface area (Å²) in [7, 11) is 0. The van der Waals surface area contributed by atoms with Gasteiger partial charge >= 0.3 is 0 Å². The lowest BCUT2D eigenvalue weighted by atomic mass is 9.94. The molecule has 0 aromatic rings. The van der Waals surface area contributed by atoms with E-state index in [2.05, 4.69) is 18.7 Å². The predicted molar refractivity (Wildman–Crippen MR) is 67.4 cm³/mol. The van der Waals surface area contributed by atoms with Crippen LogP contribution in [0.4, 0.5) is 0 Å². The summed E-state index contributed by atoms with van der Waals surface area (Å²) in [6.07, 6.45) is 9.16. The second-order valence-corrected chi connectivity index (χ2v) is 5.71. The molecule has 1 aliphatic heterocycles. The quantitative estimate of drug-likeness (QED) is 0.795. The Hall–Kier alpha value is -0.0800. The van der Waals surface area contributed by atoms with Crippen molar-refractivity contribution in [2.24, 2.45) is 5.92 Å². The second-order valence-electron chi connectivity index (χ2n) is 5.71. The van der Waals surface area contributed by atoms with E-state index in [-0.39, 0.29) is 6.10 Å². The van der Waals surface area contributed by atoms with Gasteiger partial charge in [0.15, 0.2) is 0 Å². The molecule has 0 radical (unpaired) electrons. The first-order valence-corrected chi connectivity index (χ1v) is 7.17. The molecule has 2 rings (SSSR count). The van der Waals surface area contributed by atoms with Gasteiger partial charge in [-0.2, -0.15) is 0 Å². The van der Waals surface area contributed by atoms with Crippen molar-refractivity contribution < 1.29 is 5.11 Å². The third kappa shape index (κ3) is 2.43. The Kier molecular flexibility index (Phi) is 4.26. The maximum absolute atomic E-state index is 10.0. The first kappa shape index (κ1) is 12.4. The van der Waals surface area contributed by atoms with Gasteiger partial charge in [0.2, 0.25) is 0 Å². The van der Waals surface area contributed by atoms with Crippen LogP contribution < -0.4 is 0 Å². The maximum Gasteiger partial charge on any atom is 0.0690 e. The average molecular weight is 225 g/mol. The summed E-state index contributed by atoms with van der Waals surface area (Å²) in [6, 6.07) is 1.14. The SMILES string of the molecule is CCC(O)C(C)N1CCCC1C1CCCC1. The highest BCUT2D eigenvalue weighted by Gasteiger charge is 2.36. The van der Waals surface area contributed by atoms with Crippen LogP contribution in [0.3, 0.4) is 0 Å². The molecular weight excluding hydrogens is 198 g/mol. The minimum Gasteiger partial charge on any atom is -0.392 e. The third-order valence-corrected chi connectivity index (χ3v) is 4.78. The van der Waals surface area contributed by atoms with E-state index < -0.39 is 0 Å².